The first-order chi connectivity index (χ1) is 6.89. The lowest BCUT2D eigenvalue weighted by Crippen LogP contribution is -2.47. The van der Waals surface area contributed by atoms with E-state index in [4.69, 9.17) is 4.74 Å². The fraction of sp³-hybridized carbons (Fsp3) is 1.00. The SMILES string of the molecule is CCOC1CC(NC2C(C)(C)C2(C)C)C1. The minimum absolute atomic E-state index is 0.462. The number of hydrogen-bond donors (Lipinski definition) is 1. The largest absolute Gasteiger partial charge is 0.378 e. The van der Waals surface area contributed by atoms with Crippen molar-refractivity contribution in [2.45, 2.75) is 65.6 Å². The molecular formula is C13H25NO. The van der Waals surface area contributed by atoms with E-state index in [-0.39, 0.29) is 0 Å². The van der Waals surface area contributed by atoms with Gasteiger partial charge < -0.3 is 10.1 Å². The lowest BCUT2D eigenvalue weighted by Gasteiger charge is -2.36. The molecule has 2 heteroatoms. The van der Waals surface area contributed by atoms with E-state index in [1.54, 1.807) is 0 Å². The van der Waals surface area contributed by atoms with Gasteiger partial charge in [0.25, 0.3) is 0 Å². The van der Waals surface area contributed by atoms with Crippen molar-refractivity contribution in [2.75, 3.05) is 6.61 Å². The first-order valence-corrected chi connectivity index (χ1v) is 6.27. The Hall–Kier alpha value is -0.0800. The molecule has 2 nitrogen and oxygen atoms in total. The summed E-state index contributed by atoms with van der Waals surface area (Å²) in [5.74, 6) is 0. The van der Waals surface area contributed by atoms with Crippen molar-refractivity contribution in [3.05, 3.63) is 0 Å². The maximum Gasteiger partial charge on any atom is 0.0604 e. The Labute approximate surface area is 93.8 Å². The zero-order valence-electron chi connectivity index (χ0n) is 10.8. The van der Waals surface area contributed by atoms with E-state index in [2.05, 4.69) is 39.9 Å². The summed E-state index contributed by atoms with van der Waals surface area (Å²) >= 11 is 0. The van der Waals surface area contributed by atoms with E-state index < -0.39 is 0 Å². The van der Waals surface area contributed by atoms with E-state index in [1.165, 1.54) is 12.8 Å². The molecule has 0 amide bonds. The van der Waals surface area contributed by atoms with Gasteiger partial charge in [-0.25, -0.2) is 0 Å². The van der Waals surface area contributed by atoms with Gasteiger partial charge in [0.1, 0.15) is 0 Å². The molecule has 0 aliphatic heterocycles. The summed E-state index contributed by atoms with van der Waals surface area (Å²) < 4.78 is 5.57. The zero-order chi connectivity index (χ0) is 11.3. The molecule has 2 fully saturated rings. The van der Waals surface area contributed by atoms with Crippen molar-refractivity contribution >= 4 is 0 Å². The monoisotopic (exact) mass is 211 g/mol. The maximum absolute atomic E-state index is 5.57. The van der Waals surface area contributed by atoms with Crippen LogP contribution in [0.5, 0.6) is 0 Å². The van der Waals surface area contributed by atoms with Gasteiger partial charge in [-0.3, -0.25) is 0 Å². The van der Waals surface area contributed by atoms with Crippen molar-refractivity contribution in [3.63, 3.8) is 0 Å². The summed E-state index contributed by atoms with van der Waals surface area (Å²) in [5.41, 5.74) is 0.924. The van der Waals surface area contributed by atoms with Crippen molar-refractivity contribution in [3.8, 4) is 0 Å². The molecule has 88 valence electrons. The van der Waals surface area contributed by atoms with Crippen LogP contribution in [0.15, 0.2) is 0 Å². The zero-order valence-corrected chi connectivity index (χ0v) is 10.8. The quantitative estimate of drug-likeness (QED) is 0.771. The molecule has 0 saturated heterocycles. The lowest BCUT2D eigenvalue weighted by atomic mass is 9.89. The van der Waals surface area contributed by atoms with Crippen LogP contribution in [-0.2, 0) is 4.74 Å². The highest BCUT2D eigenvalue weighted by molar-refractivity contribution is 5.18. The molecule has 0 heterocycles. The summed E-state index contributed by atoms with van der Waals surface area (Å²) in [5, 5.41) is 3.78. The average molecular weight is 211 g/mol. The van der Waals surface area contributed by atoms with E-state index in [9.17, 15) is 0 Å². The highest BCUT2D eigenvalue weighted by atomic mass is 16.5. The van der Waals surface area contributed by atoms with Crippen molar-refractivity contribution < 1.29 is 4.74 Å². The Morgan fingerprint density at radius 3 is 2.07 bits per heavy atom. The van der Waals surface area contributed by atoms with Gasteiger partial charge >= 0.3 is 0 Å². The molecule has 2 rings (SSSR count). The number of rotatable bonds is 4. The molecule has 1 N–H and O–H groups in total. The minimum Gasteiger partial charge on any atom is -0.378 e. The minimum atomic E-state index is 0.462. The van der Waals surface area contributed by atoms with Crippen LogP contribution in [0, 0.1) is 10.8 Å². The molecule has 15 heavy (non-hydrogen) atoms. The molecule has 0 spiro atoms. The predicted molar refractivity (Wildman–Crippen MR) is 62.9 cm³/mol. The van der Waals surface area contributed by atoms with E-state index >= 15 is 0 Å². The van der Waals surface area contributed by atoms with Gasteiger partial charge in [-0.15, -0.1) is 0 Å². The van der Waals surface area contributed by atoms with Crippen LogP contribution in [0.2, 0.25) is 0 Å². The van der Waals surface area contributed by atoms with Gasteiger partial charge in [-0.1, -0.05) is 27.7 Å². The lowest BCUT2D eigenvalue weighted by molar-refractivity contribution is -0.0112. The summed E-state index contributed by atoms with van der Waals surface area (Å²) in [6.07, 6.45) is 2.94. The van der Waals surface area contributed by atoms with Crippen LogP contribution in [-0.4, -0.2) is 24.8 Å². The third kappa shape index (κ3) is 1.72. The van der Waals surface area contributed by atoms with Crippen LogP contribution in [0.1, 0.15) is 47.5 Å². The fourth-order valence-corrected chi connectivity index (χ4v) is 2.92. The summed E-state index contributed by atoms with van der Waals surface area (Å²) in [4.78, 5) is 0. The van der Waals surface area contributed by atoms with Crippen LogP contribution in [0.4, 0.5) is 0 Å². The maximum atomic E-state index is 5.57. The highest BCUT2D eigenvalue weighted by Gasteiger charge is 2.65. The van der Waals surface area contributed by atoms with Crippen LogP contribution in [0.25, 0.3) is 0 Å². The second kappa shape index (κ2) is 3.46. The second-order valence-electron chi connectivity index (χ2n) is 6.29. The smallest absolute Gasteiger partial charge is 0.0604 e. The molecule has 0 aromatic heterocycles. The van der Waals surface area contributed by atoms with Crippen LogP contribution < -0.4 is 5.32 Å². The molecule has 0 atom stereocenters. The van der Waals surface area contributed by atoms with Crippen LogP contribution >= 0.6 is 0 Å². The molecule has 0 aromatic carbocycles. The molecular weight excluding hydrogens is 186 g/mol. The number of hydrogen-bond acceptors (Lipinski definition) is 2. The van der Waals surface area contributed by atoms with Gasteiger partial charge in [0, 0.05) is 18.7 Å². The molecule has 0 unspecified atom stereocenters. The first-order valence-electron chi connectivity index (χ1n) is 6.27. The Morgan fingerprint density at radius 2 is 1.67 bits per heavy atom. The number of ether oxygens (including phenoxy) is 1. The van der Waals surface area contributed by atoms with Gasteiger partial charge in [0.15, 0.2) is 0 Å². The van der Waals surface area contributed by atoms with Gasteiger partial charge in [-0.2, -0.15) is 0 Å². The van der Waals surface area contributed by atoms with Crippen molar-refractivity contribution in [2.24, 2.45) is 10.8 Å². The number of nitrogens with one attached hydrogen (secondary N) is 1. The Balaban J connectivity index is 1.73. The van der Waals surface area contributed by atoms with Crippen molar-refractivity contribution in [1.82, 2.24) is 5.32 Å². The van der Waals surface area contributed by atoms with Gasteiger partial charge in [0.05, 0.1) is 6.10 Å². The standard InChI is InChI=1S/C13H25NO/c1-6-15-10-7-9(8-10)14-11-12(2,3)13(11,4)5/h9-11,14H,6-8H2,1-5H3. The summed E-state index contributed by atoms with van der Waals surface area (Å²) in [6, 6.07) is 1.39. The van der Waals surface area contributed by atoms with E-state index in [0.717, 1.165) is 6.61 Å². The molecule has 2 aliphatic rings. The summed E-state index contributed by atoms with van der Waals surface area (Å²) in [6.45, 7) is 12.4. The van der Waals surface area contributed by atoms with Crippen LogP contribution in [0.3, 0.4) is 0 Å². The molecule has 2 aliphatic carbocycles. The van der Waals surface area contributed by atoms with Crippen molar-refractivity contribution in [1.29, 1.82) is 0 Å². The fourth-order valence-electron chi connectivity index (χ4n) is 2.92. The second-order valence-corrected chi connectivity index (χ2v) is 6.29. The molecule has 0 aromatic rings. The summed E-state index contributed by atoms with van der Waals surface area (Å²) in [7, 11) is 0. The third-order valence-electron chi connectivity index (χ3n) is 4.92. The van der Waals surface area contributed by atoms with E-state index in [1.807, 2.05) is 0 Å². The Morgan fingerprint density at radius 1 is 1.13 bits per heavy atom. The first kappa shape index (κ1) is 11.4. The molecule has 0 radical (unpaired) electrons. The normalized spacial score (nSPS) is 37.4. The average Bonchev–Trinajstić information content (AvgIpc) is 2.43. The molecule has 0 bridgehead atoms. The molecule has 2 saturated carbocycles. The highest BCUT2D eigenvalue weighted by Crippen LogP contribution is 2.63. The van der Waals surface area contributed by atoms with Gasteiger partial charge in [0.2, 0.25) is 0 Å². The Bertz CT molecular complexity index is 227. The Kier molecular flexibility index (Phi) is 2.63. The predicted octanol–water partition coefficient (Wildman–Crippen LogP) is 2.58. The van der Waals surface area contributed by atoms with E-state index in [0.29, 0.717) is 29.0 Å². The topological polar surface area (TPSA) is 21.3 Å². The van der Waals surface area contributed by atoms with Gasteiger partial charge in [-0.05, 0) is 30.6 Å². The third-order valence-corrected chi connectivity index (χ3v) is 4.92.